The van der Waals surface area contributed by atoms with Crippen LogP contribution in [0.5, 0.6) is 0 Å². The summed E-state index contributed by atoms with van der Waals surface area (Å²) in [5.41, 5.74) is 3.14. The second kappa shape index (κ2) is 7.49. The largest absolute Gasteiger partial charge is 0.454 e. The lowest BCUT2D eigenvalue weighted by Crippen LogP contribution is -2.40. The number of anilines is 1. The van der Waals surface area contributed by atoms with E-state index in [1.807, 2.05) is 19.9 Å². The summed E-state index contributed by atoms with van der Waals surface area (Å²) in [5.74, 6) is -0.535. The molecule has 2 aromatic carbocycles. The summed E-state index contributed by atoms with van der Waals surface area (Å²) < 4.78 is 5.26. The van der Waals surface area contributed by atoms with Crippen LogP contribution in [0.4, 0.5) is 5.69 Å². The molecule has 2 amide bonds. The Balaban J connectivity index is 1.18. The Hall–Kier alpha value is -3.54. The fraction of sp³-hybridized carbons (Fsp3) is 0.357. The lowest BCUT2D eigenvalue weighted by Gasteiger charge is -2.37. The summed E-state index contributed by atoms with van der Waals surface area (Å²) in [7, 11) is 0. The molecule has 7 rings (SSSR count). The number of Topliss-reactive ketones (excluding diaryl/α,β-unsaturated/α-hetero) is 1. The molecule has 34 heavy (non-hydrogen) atoms. The second-order valence-corrected chi connectivity index (χ2v) is 10.0. The van der Waals surface area contributed by atoms with Crippen molar-refractivity contribution in [1.82, 2.24) is 0 Å². The molecular weight excluding hydrogens is 430 g/mol. The van der Waals surface area contributed by atoms with Crippen molar-refractivity contribution in [1.29, 1.82) is 0 Å². The van der Waals surface area contributed by atoms with E-state index in [9.17, 15) is 19.2 Å². The molecule has 0 aromatic heterocycles. The van der Waals surface area contributed by atoms with Crippen LogP contribution in [0, 0.1) is 49.4 Å². The van der Waals surface area contributed by atoms with Crippen molar-refractivity contribution in [2.45, 2.75) is 20.3 Å². The minimum absolute atomic E-state index is 0.144. The van der Waals surface area contributed by atoms with E-state index in [2.05, 4.69) is 12.2 Å². The Kier molecular flexibility index (Phi) is 4.63. The number of aryl methyl sites for hydroxylation is 2. The number of hydrogen-bond donors (Lipinski definition) is 0. The number of rotatable bonds is 5. The smallest absolute Gasteiger partial charge is 0.338 e. The zero-order valence-corrected chi connectivity index (χ0v) is 19.1. The third kappa shape index (κ3) is 3.08. The number of nitrogens with zero attached hydrogens (tertiary/aromatic N) is 1. The van der Waals surface area contributed by atoms with Gasteiger partial charge in [-0.15, -0.1) is 0 Å². The maximum atomic E-state index is 13.3. The van der Waals surface area contributed by atoms with Crippen LogP contribution < -0.4 is 4.90 Å². The Labute approximate surface area is 197 Å². The average Bonchev–Trinajstić information content (AvgIpc) is 3.62. The van der Waals surface area contributed by atoms with E-state index in [1.165, 1.54) is 11.0 Å². The van der Waals surface area contributed by atoms with Crippen LogP contribution in [-0.4, -0.2) is 30.2 Å². The molecule has 0 N–H and O–H groups in total. The monoisotopic (exact) mass is 455 g/mol. The van der Waals surface area contributed by atoms with Gasteiger partial charge < -0.3 is 4.74 Å². The van der Waals surface area contributed by atoms with Gasteiger partial charge in [0.05, 0.1) is 23.1 Å². The summed E-state index contributed by atoms with van der Waals surface area (Å²) in [4.78, 5) is 53.0. The number of amides is 2. The van der Waals surface area contributed by atoms with Gasteiger partial charge in [0.1, 0.15) is 0 Å². The number of carbonyl (C=O) groups is 4. The molecule has 2 aromatic rings. The zero-order valence-electron chi connectivity index (χ0n) is 19.1. The quantitative estimate of drug-likeness (QED) is 0.296. The highest BCUT2D eigenvalue weighted by Crippen LogP contribution is 2.65. The number of benzene rings is 2. The second-order valence-electron chi connectivity index (χ2n) is 10.0. The summed E-state index contributed by atoms with van der Waals surface area (Å²) in [6.45, 7) is 3.51. The number of imide groups is 1. The van der Waals surface area contributed by atoms with Crippen LogP contribution in [0.25, 0.3) is 0 Å². The Bertz CT molecular complexity index is 1260. The van der Waals surface area contributed by atoms with Crippen LogP contribution in [0.15, 0.2) is 54.6 Å². The van der Waals surface area contributed by atoms with Crippen LogP contribution in [0.3, 0.4) is 0 Å². The molecule has 6 atom stereocenters. The molecule has 1 heterocycles. The summed E-state index contributed by atoms with van der Waals surface area (Å²) in [6, 6.07) is 11.7. The summed E-state index contributed by atoms with van der Waals surface area (Å²) in [5, 5.41) is 0. The predicted molar refractivity (Wildman–Crippen MR) is 124 cm³/mol. The first-order valence-corrected chi connectivity index (χ1v) is 11.8. The summed E-state index contributed by atoms with van der Waals surface area (Å²) >= 11 is 0. The van der Waals surface area contributed by atoms with Crippen molar-refractivity contribution in [2.75, 3.05) is 11.5 Å². The normalized spacial score (nSPS) is 30.2. The standard InChI is InChI=1S/C28H25NO5/c1-14-6-7-16(10-15(14)2)23(30)13-34-28(33)17-4-3-5-18(11-17)29-26(31)24-19-8-9-20(22-12-21(19)22)25(24)27(29)32/h3-11,19-22,24-25H,12-13H2,1-2H3/t19-,20-,21-,22-,24-,25-/m1/s1. The van der Waals surface area contributed by atoms with Gasteiger partial charge >= 0.3 is 5.97 Å². The predicted octanol–water partition coefficient (Wildman–Crippen LogP) is 3.90. The average molecular weight is 456 g/mol. The number of hydrogen-bond acceptors (Lipinski definition) is 5. The number of allylic oxidation sites excluding steroid dienone is 2. The molecule has 2 saturated carbocycles. The lowest BCUT2D eigenvalue weighted by atomic mass is 9.63. The van der Waals surface area contributed by atoms with Crippen LogP contribution >= 0.6 is 0 Å². The van der Waals surface area contributed by atoms with Gasteiger partial charge in [-0.1, -0.05) is 30.4 Å². The molecule has 0 spiro atoms. The minimum Gasteiger partial charge on any atom is -0.454 e. The third-order valence-electron chi connectivity index (χ3n) is 8.17. The maximum absolute atomic E-state index is 13.3. The third-order valence-corrected chi connectivity index (χ3v) is 8.17. The Morgan fingerprint density at radius 2 is 1.56 bits per heavy atom. The zero-order chi connectivity index (χ0) is 23.7. The fourth-order valence-corrected chi connectivity index (χ4v) is 6.20. The van der Waals surface area contributed by atoms with E-state index in [0.717, 1.165) is 17.5 Å². The highest BCUT2D eigenvalue weighted by molar-refractivity contribution is 6.23. The molecule has 1 aliphatic heterocycles. The molecule has 0 radical (unpaired) electrons. The van der Waals surface area contributed by atoms with Crippen molar-refractivity contribution >= 4 is 29.3 Å². The van der Waals surface area contributed by atoms with Gasteiger partial charge in [-0.05, 0) is 79.3 Å². The van der Waals surface area contributed by atoms with Crippen molar-refractivity contribution in [2.24, 2.45) is 35.5 Å². The fourth-order valence-electron chi connectivity index (χ4n) is 6.20. The number of carbonyl (C=O) groups excluding carboxylic acids is 4. The molecule has 4 aliphatic carbocycles. The van der Waals surface area contributed by atoms with E-state index in [-0.39, 0.29) is 53.4 Å². The van der Waals surface area contributed by atoms with Crippen LogP contribution in [0.2, 0.25) is 0 Å². The summed E-state index contributed by atoms with van der Waals surface area (Å²) in [6.07, 6.45) is 5.38. The van der Waals surface area contributed by atoms with E-state index in [4.69, 9.17) is 4.74 Å². The molecule has 1 saturated heterocycles. The van der Waals surface area contributed by atoms with Crippen LogP contribution in [0.1, 0.15) is 38.3 Å². The van der Waals surface area contributed by atoms with Gasteiger partial charge in [0.15, 0.2) is 12.4 Å². The number of ether oxygens (including phenoxy) is 1. The van der Waals surface area contributed by atoms with E-state index >= 15 is 0 Å². The molecule has 0 unspecified atom stereocenters. The van der Waals surface area contributed by atoms with Crippen molar-refractivity contribution in [3.8, 4) is 0 Å². The van der Waals surface area contributed by atoms with Gasteiger partial charge in [0.2, 0.25) is 11.8 Å². The van der Waals surface area contributed by atoms with Crippen LogP contribution in [-0.2, 0) is 14.3 Å². The maximum Gasteiger partial charge on any atom is 0.338 e. The van der Waals surface area contributed by atoms with Crippen molar-refractivity contribution in [3.63, 3.8) is 0 Å². The molecule has 5 aliphatic rings. The van der Waals surface area contributed by atoms with Gasteiger partial charge in [-0.2, -0.15) is 0 Å². The van der Waals surface area contributed by atoms with Gasteiger partial charge in [0, 0.05) is 5.56 Å². The Morgan fingerprint density at radius 1 is 0.882 bits per heavy atom. The first kappa shape index (κ1) is 21.0. The van der Waals surface area contributed by atoms with Gasteiger partial charge in [-0.3, -0.25) is 14.4 Å². The minimum atomic E-state index is -0.668. The number of esters is 1. The molecule has 6 nitrogen and oxygen atoms in total. The molecular formula is C28H25NO5. The highest BCUT2D eigenvalue weighted by Gasteiger charge is 2.67. The topological polar surface area (TPSA) is 80.8 Å². The van der Waals surface area contributed by atoms with Crippen molar-refractivity contribution < 1.29 is 23.9 Å². The molecule has 6 heteroatoms. The Morgan fingerprint density at radius 3 is 2.21 bits per heavy atom. The molecule has 3 fully saturated rings. The number of ketones is 1. The van der Waals surface area contributed by atoms with E-state index in [0.29, 0.717) is 23.1 Å². The van der Waals surface area contributed by atoms with Gasteiger partial charge in [-0.25, -0.2) is 9.69 Å². The first-order chi connectivity index (χ1) is 16.3. The highest BCUT2D eigenvalue weighted by atomic mass is 16.5. The van der Waals surface area contributed by atoms with E-state index < -0.39 is 5.97 Å². The van der Waals surface area contributed by atoms with Crippen molar-refractivity contribution in [3.05, 3.63) is 76.9 Å². The lowest BCUT2D eigenvalue weighted by molar-refractivity contribution is -0.124. The molecule has 2 bridgehead atoms. The molecule has 172 valence electrons. The SMILES string of the molecule is Cc1ccc(C(=O)COC(=O)c2cccc(N3C(=O)[C@@H]4[C@@H]5C=C[C@H]([C@H]6C[C@H]56)[C@H]4C3=O)c2)cc1C. The van der Waals surface area contributed by atoms with Gasteiger partial charge in [0.25, 0.3) is 0 Å². The van der Waals surface area contributed by atoms with E-state index in [1.54, 1.807) is 30.3 Å². The first-order valence-electron chi connectivity index (χ1n) is 11.8.